The molecule has 0 aliphatic heterocycles. The quantitative estimate of drug-likeness (QED) is 0.778. The van der Waals surface area contributed by atoms with Gasteiger partial charge in [0, 0.05) is 16.2 Å². The predicted octanol–water partition coefficient (Wildman–Crippen LogP) is 2.06. The third kappa shape index (κ3) is 3.53. The SMILES string of the molecule is CC(CO)(CO)Nc1ccnc(-c2ccc(Br)cc2)n1. The first kappa shape index (κ1) is 14.9. The molecule has 20 heavy (non-hydrogen) atoms. The van der Waals surface area contributed by atoms with Gasteiger partial charge in [-0.2, -0.15) is 0 Å². The van der Waals surface area contributed by atoms with Crippen LogP contribution in [0.4, 0.5) is 5.82 Å². The lowest BCUT2D eigenvalue weighted by molar-refractivity contribution is 0.147. The molecule has 0 atom stereocenters. The summed E-state index contributed by atoms with van der Waals surface area (Å²) < 4.78 is 0.990. The minimum absolute atomic E-state index is 0.193. The van der Waals surface area contributed by atoms with E-state index in [1.54, 1.807) is 19.2 Å². The van der Waals surface area contributed by atoms with E-state index in [1.807, 2.05) is 24.3 Å². The Morgan fingerprint density at radius 1 is 1.15 bits per heavy atom. The second-order valence-electron chi connectivity index (χ2n) is 4.77. The van der Waals surface area contributed by atoms with E-state index in [2.05, 4.69) is 31.2 Å². The van der Waals surface area contributed by atoms with Crippen LogP contribution in [0.2, 0.25) is 0 Å². The molecular weight excluding hydrogens is 322 g/mol. The number of hydrogen-bond acceptors (Lipinski definition) is 5. The number of rotatable bonds is 5. The van der Waals surface area contributed by atoms with Gasteiger partial charge in [-0.15, -0.1) is 0 Å². The fourth-order valence-corrected chi connectivity index (χ4v) is 1.87. The summed E-state index contributed by atoms with van der Waals surface area (Å²) in [4.78, 5) is 8.62. The van der Waals surface area contributed by atoms with Crippen molar-refractivity contribution in [3.8, 4) is 11.4 Å². The van der Waals surface area contributed by atoms with Crippen molar-refractivity contribution in [2.75, 3.05) is 18.5 Å². The molecule has 1 aromatic heterocycles. The maximum absolute atomic E-state index is 9.29. The van der Waals surface area contributed by atoms with Crippen molar-refractivity contribution in [1.29, 1.82) is 0 Å². The van der Waals surface area contributed by atoms with Crippen LogP contribution < -0.4 is 5.32 Å². The van der Waals surface area contributed by atoms with Gasteiger partial charge in [0.1, 0.15) is 5.82 Å². The topological polar surface area (TPSA) is 78.3 Å². The van der Waals surface area contributed by atoms with Gasteiger partial charge in [0.05, 0.1) is 18.8 Å². The molecule has 2 aromatic rings. The summed E-state index contributed by atoms with van der Waals surface area (Å²) in [6.45, 7) is 1.33. The highest BCUT2D eigenvalue weighted by Gasteiger charge is 2.22. The molecule has 0 aliphatic rings. The largest absolute Gasteiger partial charge is 0.394 e. The molecule has 106 valence electrons. The van der Waals surface area contributed by atoms with Gasteiger partial charge >= 0.3 is 0 Å². The smallest absolute Gasteiger partial charge is 0.161 e. The summed E-state index contributed by atoms with van der Waals surface area (Å²) in [6, 6.07) is 9.38. The lowest BCUT2D eigenvalue weighted by atomic mass is 10.1. The normalized spacial score (nSPS) is 11.4. The van der Waals surface area contributed by atoms with E-state index in [1.165, 1.54) is 0 Å². The Hall–Kier alpha value is -1.50. The highest BCUT2D eigenvalue weighted by atomic mass is 79.9. The van der Waals surface area contributed by atoms with Crippen LogP contribution in [0.25, 0.3) is 11.4 Å². The van der Waals surface area contributed by atoms with Crippen LogP contribution in [0.5, 0.6) is 0 Å². The fourth-order valence-electron chi connectivity index (χ4n) is 1.60. The van der Waals surface area contributed by atoms with Crippen LogP contribution in [-0.4, -0.2) is 38.9 Å². The summed E-state index contributed by atoms with van der Waals surface area (Å²) in [5, 5.41) is 21.6. The second kappa shape index (κ2) is 6.30. The molecule has 0 unspecified atom stereocenters. The third-order valence-electron chi connectivity index (χ3n) is 2.89. The Morgan fingerprint density at radius 3 is 2.40 bits per heavy atom. The van der Waals surface area contributed by atoms with E-state index >= 15 is 0 Å². The Morgan fingerprint density at radius 2 is 1.80 bits per heavy atom. The number of nitrogens with zero attached hydrogens (tertiary/aromatic N) is 2. The van der Waals surface area contributed by atoms with Crippen molar-refractivity contribution in [3.05, 3.63) is 41.0 Å². The molecule has 6 heteroatoms. The van der Waals surface area contributed by atoms with Crippen LogP contribution in [-0.2, 0) is 0 Å². The monoisotopic (exact) mass is 337 g/mol. The zero-order chi connectivity index (χ0) is 14.6. The van der Waals surface area contributed by atoms with Gasteiger partial charge in [-0.3, -0.25) is 0 Å². The van der Waals surface area contributed by atoms with Crippen LogP contribution >= 0.6 is 15.9 Å². The summed E-state index contributed by atoms with van der Waals surface area (Å²) in [5.41, 5.74) is 0.0808. The molecule has 0 spiro atoms. The van der Waals surface area contributed by atoms with Gasteiger partial charge in [-0.25, -0.2) is 9.97 Å². The second-order valence-corrected chi connectivity index (χ2v) is 5.69. The summed E-state index contributed by atoms with van der Waals surface area (Å²) >= 11 is 3.38. The molecule has 0 radical (unpaired) electrons. The first-order chi connectivity index (χ1) is 9.56. The van der Waals surface area contributed by atoms with Gasteiger partial charge < -0.3 is 15.5 Å². The van der Waals surface area contributed by atoms with Gasteiger partial charge in [0.15, 0.2) is 5.82 Å². The molecule has 0 bridgehead atoms. The van der Waals surface area contributed by atoms with E-state index in [9.17, 15) is 10.2 Å². The number of anilines is 1. The van der Waals surface area contributed by atoms with Crippen LogP contribution in [0.1, 0.15) is 6.92 Å². The Labute approximate surface area is 125 Å². The zero-order valence-electron chi connectivity index (χ0n) is 11.0. The number of aliphatic hydroxyl groups excluding tert-OH is 2. The third-order valence-corrected chi connectivity index (χ3v) is 3.41. The number of nitrogens with one attached hydrogen (secondary N) is 1. The zero-order valence-corrected chi connectivity index (χ0v) is 12.6. The van der Waals surface area contributed by atoms with Crippen molar-refractivity contribution >= 4 is 21.7 Å². The van der Waals surface area contributed by atoms with E-state index < -0.39 is 5.54 Å². The van der Waals surface area contributed by atoms with E-state index in [0.717, 1.165) is 10.0 Å². The van der Waals surface area contributed by atoms with Crippen LogP contribution in [0.3, 0.4) is 0 Å². The fraction of sp³-hybridized carbons (Fsp3) is 0.286. The number of aliphatic hydroxyl groups is 2. The van der Waals surface area contributed by atoms with E-state index in [-0.39, 0.29) is 13.2 Å². The molecule has 0 aliphatic carbocycles. The molecule has 0 amide bonds. The molecule has 1 aromatic carbocycles. The molecule has 5 nitrogen and oxygen atoms in total. The average Bonchev–Trinajstić information content (AvgIpc) is 2.48. The van der Waals surface area contributed by atoms with Crippen molar-refractivity contribution in [3.63, 3.8) is 0 Å². The summed E-state index contributed by atoms with van der Waals surface area (Å²) in [6.07, 6.45) is 1.64. The van der Waals surface area contributed by atoms with Gasteiger partial charge in [0.2, 0.25) is 0 Å². The molecule has 3 N–H and O–H groups in total. The predicted molar refractivity (Wildman–Crippen MR) is 81.4 cm³/mol. The molecule has 0 fully saturated rings. The minimum Gasteiger partial charge on any atom is -0.394 e. The highest BCUT2D eigenvalue weighted by molar-refractivity contribution is 9.10. The molecule has 0 saturated heterocycles. The average molecular weight is 338 g/mol. The highest BCUT2D eigenvalue weighted by Crippen LogP contribution is 2.20. The summed E-state index contributed by atoms with van der Waals surface area (Å²) in [7, 11) is 0. The number of benzene rings is 1. The number of halogens is 1. The van der Waals surface area contributed by atoms with Gasteiger partial charge in [-0.05, 0) is 25.1 Å². The van der Waals surface area contributed by atoms with E-state index in [0.29, 0.717) is 11.6 Å². The Balaban J connectivity index is 2.26. The van der Waals surface area contributed by atoms with Crippen molar-refractivity contribution in [2.45, 2.75) is 12.5 Å². The first-order valence-electron chi connectivity index (χ1n) is 6.15. The standard InChI is InChI=1S/C14H16BrN3O2/c1-14(8-19,9-20)18-12-6-7-16-13(17-12)10-2-4-11(15)5-3-10/h2-7,19-20H,8-9H2,1H3,(H,16,17,18). The number of hydrogen-bond donors (Lipinski definition) is 3. The Kier molecular flexibility index (Phi) is 4.69. The lowest BCUT2D eigenvalue weighted by Crippen LogP contribution is -2.42. The van der Waals surface area contributed by atoms with Gasteiger partial charge in [0.25, 0.3) is 0 Å². The molecule has 2 rings (SSSR count). The minimum atomic E-state index is -0.814. The maximum atomic E-state index is 9.29. The van der Waals surface area contributed by atoms with E-state index in [4.69, 9.17) is 0 Å². The molecule has 1 heterocycles. The van der Waals surface area contributed by atoms with Crippen molar-refractivity contribution in [2.24, 2.45) is 0 Å². The number of aromatic nitrogens is 2. The molecule has 0 saturated carbocycles. The van der Waals surface area contributed by atoms with Crippen molar-refractivity contribution in [1.82, 2.24) is 9.97 Å². The summed E-state index contributed by atoms with van der Waals surface area (Å²) in [5.74, 6) is 1.14. The van der Waals surface area contributed by atoms with Crippen LogP contribution in [0, 0.1) is 0 Å². The Bertz CT molecular complexity index is 571. The van der Waals surface area contributed by atoms with Gasteiger partial charge in [-0.1, -0.05) is 28.1 Å². The maximum Gasteiger partial charge on any atom is 0.161 e. The van der Waals surface area contributed by atoms with Crippen molar-refractivity contribution < 1.29 is 10.2 Å². The lowest BCUT2D eigenvalue weighted by Gasteiger charge is -2.26. The van der Waals surface area contributed by atoms with Crippen LogP contribution in [0.15, 0.2) is 41.0 Å². The first-order valence-corrected chi connectivity index (χ1v) is 6.94. The molecular formula is C14H16BrN3O2.